The second-order valence-corrected chi connectivity index (χ2v) is 6.23. The largest absolute Gasteiger partial charge is 0.550 e. The van der Waals surface area contributed by atoms with Crippen LogP contribution < -0.4 is 10.4 Å². The number of amides is 1. The zero-order chi connectivity index (χ0) is 15.1. The number of fused-ring (bicyclic) bond motifs is 2. The second-order valence-electron chi connectivity index (χ2n) is 5.82. The van der Waals surface area contributed by atoms with E-state index in [1.54, 1.807) is 0 Å². The Balaban J connectivity index is 1.78. The Morgan fingerprint density at radius 1 is 1.24 bits per heavy atom. The van der Waals surface area contributed by atoms with Gasteiger partial charge in [-0.1, -0.05) is 11.6 Å². The average Bonchev–Trinajstić information content (AvgIpc) is 3.03. The van der Waals surface area contributed by atoms with Crippen molar-refractivity contribution in [1.29, 1.82) is 0 Å². The van der Waals surface area contributed by atoms with Crippen LogP contribution in [0, 0.1) is 29.5 Å². The van der Waals surface area contributed by atoms with Crippen LogP contribution in [0.3, 0.4) is 0 Å². The summed E-state index contributed by atoms with van der Waals surface area (Å²) < 4.78 is 13.1. The van der Waals surface area contributed by atoms with Crippen LogP contribution >= 0.6 is 11.6 Å². The van der Waals surface area contributed by atoms with Crippen molar-refractivity contribution in [2.24, 2.45) is 23.7 Å². The summed E-state index contributed by atoms with van der Waals surface area (Å²) in [4.78, 5) is 23.7. The molecule has 2 aliphatic carbocycles. The molecule has 2 bridgehead atoms. The zero-order valence-electron chi connectivity index (χ0n) is 11.1. The van der Waals surface area contributed by atoms with Crippen molar-refractivity contribution in [3.05, 3.63) is 29.0 Å². The van der Waals surface area contributed by atoms with E-state index < -0.39 is 23.6 Å². The molecular weight excluding hydrogens is 297 g/mol. The molecule has 0 aliphatic heterocycles. The summed E-state index contributed by atoms with van der Waals surface area (Å²) in [5.41, 5.74) is 0.367. The van der Waals surface area contributed by atoms with Gasteiger partial charge in [-0.05, 0) is 49.3 Å². The molecule has 4 nitrogen and oxygen atoms in total. The lowest BCUT2D eigenvalue weighted by atomic mass is 9.78. The summed E-state index contributed by atoms with van der Waals surface area (Å²) in [7, 11) is 0. The molecule has 1 N–H and O–H groups in total. The molecule has 1 aromatic rings. The van der Waals surface area contributed by atoms with Gasteiger partial charge in [-0.3, -0.25) is 4.79 Å². The number of rotatable bonds is 3. The number of halogens is 2. The highest BCUT2D eigenvalue weighted by Gasteiger charge is 2.51. The molecule has 4 atom stereocenters. The molecule has 2 fully saturated rings. The maximum atomic E-state index is 13.1. The molecule has 21 heavy (non-hydrogen) atoms. The fourth-order valence-electron chi connectivity index (χ4n) is 3.81. The third-order valence-corrected chi connectivity index (χ3v) is 4.97. The van der Waals surface area contributed by atoms with Crippen molar-refractivity contribution in [3.63, 3.8) is 0 Å². The number of benzene rings is 1. The van der Waals surface area contributed by atoms with E-state index in [0.717, 1.165) is 25.3 Å². The monoisotopic (exact) mass is 310 g/mol. The molecule has 1 aromatic carbocycles. The van der Waals surface area contributed by atoms with E-state index in [0.29, 0.717) is 5.69 Å². The smallest absolute Gasteiger partial charge is 0.228 e. The molecular formula is C15H14ClFNO3-. The average molecular weight is 311 g/mol. The topological polar surface area (TPSA) is 69.2 Å². The third-order valence-electron chi connectivity index (χ3n) is 4.68. The van der Waals surface area contributed by atoms with Gasteiger partial charge < -0.3 is 15.2 Å². The van der Waals surface area contributed by atoms with Crippen LogP contribution in [0.2, 0.25) is 5.02 Å². The van der Waals surface area contributed by atoms with Gasteiger partial charge in [0.15, 0.2) is 0 Å². The molecule has 0 spiro atoms. The highest BCUT2D eigenvalue weighted by Crippen LogP contribution is 2.52. The van der Waals surface area contributed by atoms with Crippen LogP contribution in [0.25, 0.3) is 0 Å². The van der Waals surface area contributed by atoms with Crippen molar-refractivity contribution in [3.8, 4) is 0 Å². The van der Waals surface area contributed by atoms with E-state index in [1.807, 2.05) is 0 Å². The van der Waals surface area contributed by atoms with Gasteiger partial charge in [0.1, 0.15) is 5.82 Å². The van der Waals surface area contributed by atoms with Gasteiger partial charge in [-0.15, -0.1) is 0 Å². The lowest BCUT2D eigenvalue weighted by Gasteiger charge is -2.30. The lowest BCUT2D eigenvalue weighted by Crippen LogP contribution is -2.43. The normalized spacial score (nSPS) is 30.4. The molecule has 3 rings (SSSR count). The molecule has 2 saturated carbocycles. The number of hydrogen-bond acceptors (Lipinski definition) is 3. The predicted octanol–water partition coefficient (Wildman–Crippen LogP) is 1.83. The van der Waals surface area contributed by atoms with E-state index in [1.165, 1.54) is 12.1 Å². The maximum absolute atomic E-state index is 13.1. The Kier molecular flexibility index (Phi) is 3.61. The van der Waals surface area contributed by atoms with Crippen molar-refractivity contribution in [2.45, 2.75) is 19.3 Å². The second kappa shape index (κ2) is 5.30. The van der Waals surface area contributed by atoms with Crippen LogP contribution in [0.5, 0.6) is 0 Å². The first kappa shape index (κ1) is 14.3. The highest BCUT2D eigenvalue weighted by atomic mass is 35.5. The SMILES string of the molecule is O=C([O-])C1C2CCC(C2)C1C(=O)Nc1ccc(F)c(Cl)c1. The number of anilines is 1. The molecule has 0 aromatic heterocycles. The number of carbonyl (C=O) groups excluding carboxylic acids is 2. The molecule has 112 valence electrons. The van der Waals surface area contributed by atoms with Crippen LogP contribution in [0.4, 0.5) is 10.1 Å². The predicted molar refractivity (Wildman–Crippen MR) is 72.9 cm³/mol. The van der Waals surface area contributed by atoms with E-state index >= 15 is 0 Å². The van der Waals surface area contributed by atoms with Crippen LogP contribution in [-0.4, -0.2) is 11.9 Å². The molecule has 0 radical (unpaired) electrons. The van der Waals surface area contributed by atoms with Crippen LogP contribution in [-0.2, 0) is 9.59 Å². The molecule has 6 heteroatoms. The molecule has 2 aliphatic rings. The van der Waals surface area contributed by atoms with Crippen molar-refractivity contribution < 1.29 is 19.1 Å². The Labute approximate surface area is 126 Å². The first-order valence-corrected chi connectivity index (χ1v) is 7.32. The summed E-state index contributed by atoms with van der Waals surface area (Å²) >= 11 is 5.67. The number of carboxylic acids is 1. The lowest BCUT2D eigenvalue weighted by molar-refractivity contribution is -0.314. The number of hydrogen-bond donors (Lipinski definition) is 1. The summed E-state index contributed by atoms with van der Waals surface area (Å²) in [5.74, 6) is -3.24. The summed E-state index contributed by atoms with van der Waals surface area (Å²) in [6.45, 7) is 0. The number of carbonyl (C=O) groups is 2. The fourth-order valence-corrected chi connectivity index (χ4v) is 3.99. The Morgan fingerprint density at radius 3 is 2.52 bits per heavy atom. The Hall–Kier alpha value is -1.62. The highest BCUT2D eigenvalue weighted by molar-refractivity contribution is 6.31. The number of aliphatic carboxylic acids is 1. The number of nitrogens with one attached hydrogen (secondary N) is 1. The van der Waals surface area contributed by atoms with E-state index in [4.69, 9.17) is 11.6 Å². The van der Waals surface area contributed by atoms with Crippen molar-refractivity contribution in [1.82, 2.24) is 0 Å². The van der Waals surface area contributed by atoms with Gasteiger partial charge in [0.05, 0.1) is 5.02 Å². The molecule has 0 saturated heterocycles. The Morgan fingerprint density at radius 2 is 1.90 bits per heavy atom. The van der Waals surface area contributed by atoms with Gasteiger partial charge in [0.25, 0.3) is 0 Å². The molecule has 4 unspecified atom stereocenters. The zero-order valence-corrected chi connectivity index (χ0v) is 11.9. The van der Waals surface area contributed by atoms with E-state index in [9.17, 15) is 19.1 Å². The van der Waals surface area contributed by atoms with Crippen molar-refractivity contribution in [2.75, 3.05) is 5.32 Å². The van der Waals surface area contributed by atoms with Gasteiger partial charge in [0.2, 0.25) is 5.91 Å². The minimum atomic E-state index is -1.15. The van der Waals surface area contributed by atoms with Gasteiger partial charge in [-0.2, -0.15) is 0 Å². The fraction of sp³-hybridized carbons (Fsp3) is 0.467. The summed E-state index contributed by atoms with van der Waals surface area (Å²) in [6, 6.07) is 3.88. The minimum Gasteiger partial charge on any atom is -0.550 e. The number of carboxylic acid groups (broad SMARTS) is 1. The standard InChI is InChI=1S/C15H15ClFNO3/c16-10-6-9(3-4-11(10)17)18-14(19)12-7-1-2-8(5-7)13(12)15(20)21/h3-4,6-8,12-13H,1-2,5H2,(H,18,19)(H,20,21)/p-1. The van der Waals surface area contributed by atoms with Gasteiger partial charge in [-0.25, -0.2) is 4.39 Å². The van der Waals surface area contributed by atoms with Crippen LogP contribution in [0.1, 0.15) is 19.3 Å². The maximum Gasteiger partial charge on any atom is 0.228 e. The molecule has 1 amide bonds. The first-order valence-electron chi connectivity index (χ1n) is 6.94. The van der Waals surface area contributed by atoms with Gasteiger partial charge in [0, 0.05) is 23.5 Å². The van der Waals surface area contributed by atoms with E-state index in [2.05, 4.69) is 5.32 Å². The van der Waals surface area contributed by atoms with Crippen molar-refractivity contribution >= 4 is 29.2 Å². The van der Waals surface area contributed by atoms with Crippen LogP contribution in [0.15, 0.2) is 18.2 Å². The quantitative estimate of drug-likeness (QED) is 0.926. The minimum absolute atomic E-state index is 0.0348. The third kappa shape index (κ3) is 2.50. The molecule has 0 heterocycles. The van der Waals surface area contributed by atoms with E-state index in [-0.39, 0.29) is 22.8 Å². The summed E-state index contributed by atoms with van der Waals surface area (Å²) in [5, 5.41) is 13.9. The Bertz CT molecular complexity index is 607. The first-order chi connectivity index (χ1) is 9.97. The summed E-state index contributed by atoms with van der Waals surface area (Å²) in [6.07, 6.45) is 2.48. The van der Waals surface area contributed by atoms with Gasteiger partial charge >= 0.3 is 0 Å².